The minimum absolute atomic E-state index is 0.0774. The van der Waals surface area contributed by atoms with Crippen LogP contribution in [0.1, 0.15) is 11.1 Å². The first-order valence-corrected chi connectivity index (χ1v) is 4.37. The number of carbonyl (C=O) groups excluding carboxylic acids is 1. The van der Waals surface area contributed by atoms with Crippen molar-refractivity contribution in [3.8, 4) is 0 Å². The highest BCUT2D eigenvalue weighted by Gasteiger charge is 2.06. The summed E-state index contributed by atoms with van der Waals surface area (Å²) in [4.78, 5) is 11.1. The van der Waals surface area contributed by atoms with Crippen LogP contribution in [-0.4, -0.2) is 18.2 Å². The van der Waals surface area contributed by atoms with Gasteiger partial charge in [-0.2, -0.15) is 0 Å². The summed E-state index contributed by atoms with van der Waals surface area (Å²) >= 11 is 0. The Hall–Kier alpha value is -1.55. The Balaban J connectivity index is 2.96. The molecule has 0 atom stereocenters. The van der Waals surface area contributed by atoms with Gasteiger partial charge in [0.1, 0.15) is 0 Å². The molecule has 0 saturated heterocycles. The van der Waals surface area contributed by atoms with E-state index in [1.165, 1.54) is 0 Å². The van der Waals surface area contributed by atoms with E-state index >= 15 is 0 Å². The molecule has 1 rings (SSSR count). The summed E-state index contributed by atoms with van der Waals surface area (Å²) in [6.07, 6.45) is 0. The third-order valence-corrected chi connectivity index (χ3v) is 2.04. The van der Waals surface area contributed by atoms with Gasteiger partial charge in [-0.3, -0.25) is 0 Å². The molecule has 1 aromatic carbocycles. The summed E-state index contributed by atoms with van der Waals surface area (Å²) in [6, 6.07) is 5.19. The van der Waals surface area contributed by atoms with E-state index in [2.05, 4.69) is 10.6 Å². The van der Waals surface area contributed by atoms with Gasteiger partial charge in [-0.15, -0.1) is 0 Å². The zero-order valence-electron chi connectivity index (χ0n) is 8.29. The maximum atomic E-state index is 11.1. The zero-order chi connectivity index (χ0) is 10.6. The van der Waals surface area contributed by atoms with E-state index in [1.54, 1.807) is 13.1 Å². The number of anilines is 1. The first-order chi connectivity index (χ1) is 6.69. The number of aliphatic hydroxyl groups excluding tert-OH is 1. The fourth-order valence-electron chi connectivity index (χ4n) is 1.21. The van der Waals surface area contributed by atoms with Crippen molar-refractivity contribution < 1.29 is 9.90 Å². The standard InChI is InChI=1S/C10H14N2O2/c1-7-4-3-5-9(8(7)6-13)12-10(14)11-2/h3-5,13H,6H2,1-2H3,(H2,11,12,14). The molecule has 0 heterocycles. The Labute approximate surface area is 82.9 Å². The van der Waals surface area contributed by atoms with E-state index in [-0.39, 0.29) is 12.6 Å². The van der Waals surface area contributed by atoms with Crippen molar-refractivity contribution in [2.45, 2.75) is 13.5 Å². The molecule has 76 valence electrons. The Morgan fingerprint density at radius 3 is 2.79 bits per heavy atom. The Morgan fingerprint density at radius 2 is 2.21 bits per heavy atom. The predicted octanol–water partition coefficient (Wildman–Crippen LogP) is 1.24. The minimum atomic E-state index is -0.287. The first kappa shape index (κ1) is 10.5. The fourth-order valence-corrected chi connectivity index (χ4v) is 1.21. The molecule has 4 heteroatoms. The molecule has 0 bridgehead atoms. The van der Waals surface area contributed by atoms with Gasteiger partial charge in [0.15, 0.2) is 0 Å². The van der Waals surface area contributed by atoms with E-state index < -0.39 is 0 Å². The van der Waals surface area contributed by atoms with Crippen molar-refractivity contribution in [2.75, 3.05) is 12.4 Å². The molecule has 0 saturated carbocycles. The molecule has 0 aliphatic carbocycles. The second-order valence-electron chi connectivity index (χ2n) is 2.96. The number of carbonyl (C=O) groups is 1. The summed E-state index contributed by atoms with van der Waals surface area (Å²) in [5.41, 5.74) is 2.35. The summed E-state index contributed by atoms with van der Waals surface area (Å²) in [7, 11) is 1.55. The van der Waals surface area contributed by atoms with Gasteiger partial charge in [0.25, 0.3) is 0 Å². The molecule has 0 aliphatic rings. The van der Waals surface area contributed by atoms with Crippen LogP contribution in [0.2, 0.25) is 0 Å². The molecule has 3 N–H and O–H groups in total. The molecule has 4 nitrogen and oxygen atoms in total. The van der Waals surface area contributed by atoms with Crippen LogP contribution in [-0.2, 0) is 6.61 Å². The maximum absolute atomic E-state index is 11.1. The number of aryl methyl sites for hydroxylation is 1. The topological polar surface area (TPSA) is 61.4 Å². The summed E-state index contributed by atoms with van der Waals surface area (Å²) in [5, 5.41) is 14.2. The largest absolute Gasteiger partial charge is 0.392 e. The second kappa shape index (κ2) is 4.62. The monoisotopic (exact) mass is 194 g/mol. The lowest BCUT2D eigenvalue weighted by Gasteiger charge is -2.10. The van der Waals surface area contributed by atoms with Gasteiger partial charge in [-0.05, 0) is 18.6 Å². The molecular weight excluding hydrogens is 180 g/mol. The molecule has 1 aromatic rings. The van der Waals surface area contributed by atoms with Crippen molar-refractivity contribution >= 4 is 11.7 Å². The summed E-state index contributed by atoms with van der Waals surface area (Å²) < 4.78 is 0. The minimum Gasteiger partial charge on any atom is -0.392 e. The van der Waals surface area contributed by atoms with Crippen LogP contribution in [0.4, 0.5) is 10.5 Å². The average Bonchev–Trinajstić information content (AvgIpc) is 2.18. The Kier molecular flexibility index (Phi) is 3.48. The van der Waals surface area contributed by atoms with Crippen LogP contribution in [0.25, 0.3) is 0 Å². The van der Waals surface area contributed by atoms with Crippen molar-refractivity contribution in [3.63, 3.8) is 0 Å². The SMILES string of the molecule is CNC(=O)Nc1cccc(C)c1CO. The molecule has 0 radical (unpaired) electrons. The normalized spacial score (nSPS) is 9.64. The van der Waals surface area contributed by atoms with Gasteiger partial charge >= 0.3 is 6.03 Å². The van der Waals surface area contributed by atoms with Crippen LogP contribution in [0, 0.1) is 6.92 Å². The highest BCUT2D eigenvalue weighted by molar-refractivity contribution is 5.90. The van der Waals surface area contributed by atoms with E-state index in [1.807, 2.05) is 19.1 Å². The van der Waals surface area contributed by atoms with Gasteiger partial charge in [0.05, 0.1) is 6.61 Å². The lowest BCUT2D eigenvalue weighted by Crippen LogP contribution is -2.25. The Bertz CT molecular complexity index is 337. The second-order valence-corrected chi connectivity index (χ2v) is 2.96. The van der Waals surface area contributed by atoms with Crippen LogP contribution in [0.15, 0.2) is 18.2 Å². The van der Waals surface area contributed by atoms with Crippen LogP contribution in [0.5, 0.6) is 0 Å². The molecular formula is C10H14N2O2. The highest BCUT2D eigenvalue weighted by Crippen LogP contribution is 2.19. The van der Waals surface area contributed by atoms with Gasteiger partial charge < -0.3 is 15.7 Å². The zero-order valence-corrected chi connectivity index (χ0v) is 8.29. The molecule has 0 fully saturated rings. The number of aliphatic hydroxyl groups is 1. The van der Waals surface area contributed by atoms with Crippen LogP contribution < -0.4 is 10.6 Å². The number of rotatable bonds is 2. The predicted molar refractivity (Wildman–Crippen MR) is 55.2 cm³/mol. The maximum Gasteiger partial charge on any atom is 0.318 e. The van der Waals surface area contributed by atoms with Crippen LogP contribution >= 0.6 is 0 Å². The van der Waals surface area contributed by atoms with Gasteiger partial charge in [-0.1, -0.05) is 12.1 Å². The smallest absolute Gasteiger partial charge is 0.318 e. The average molecular weight is 194 g/mol. The molecule has 0 unspecified atom stereocenters. The number of nitrogens with one attached hydrogen (secondary N) is 2. The number of benzene rings is 1. The van der Waals surface area contributed by atoms with E-state index in [0.29, 0.717) is 5.69 Å². The van der Waals surface area contributed by atoms with Crippen molar-refractivity contribution in [1.82, 2.24) is 5.32 Å². The van der Waals surface area contributed by atoms with Crippen LogP contribution in [0.3, 0.4) is 0 Å². The molecule has 0 aliphatic heterocycles. The van der Waals surface area contributed by atoms with Gasteiger partial charge in [0, 0.05) is 18.3 Å². The van der Waals surface area contributed by atoms with E-state index in [0.717, 1.165) is 11.1 Å². The lowest BCUT2D eigenvalue weighted by atomic mass is 10.1. The summed E-state index contributed by atoms with van der Waals surface area (Å²) in [5.74, 6) is 0. The Morgan fingerprint density at radius 1 is 1.50 bits per heavy atom. The van der Waals surface area contributed by atoms with Gasteiger partial charge in [0.2, 0.25) is 0 Å². The van der Waals surface area contributed by atoms with Crippen molar-refractivity contribution in [3.05, 3.63) is 29.3 Å². The third-order valence-electron chi connectivity index (χ3n) is 2.04. The summed E-state index contributed by atoms with van der Waals surface area (Å²) in [6.45, 7) is 1.81. The molecule has 0 spiro atoms. The van der Waals surface area contributed by atoms with E-state index in [4.69, 9.17) is 5.11 Å². The number of urea groups is 1. The molecule has 14 heavy (non-hydrogen) atoms. The quantitative estimate of drug-likeness (QED) is 0.663. The number of hydrogen-bond donors (Lipinski definition) is 3. The van der Waals surface area contributed by atoms with Crippen molar-refractivity contribution in [2.24, 2.45) is 0 Å². The highest BCUT2D eigenvalue weighted by atomic mass is 16.3. The molecule has 0 aromatic heterocycles. The lowest BCUT2D eigenvalue weighted by molar-refractivity contribution is 0.253. The van der Waals surface area contributed by atoms with E-state index in [9.17, 15) is 4.79 Å². The molecule has 2 amide bonds. The van der Waals surface area contributed by atoms with Gasteiger partial charge in [-0.25, -0.2) is 4.79 Å². The third kappa shape index (κ3) is 2.23. The fraction of sp³-hybridized carbons (Fsp3) is 0.300. The number of hydrogen-bond acceptors (Lipinski definition) is 2. The number of amides is 2. The first-order valence-electron chi connectivity index (χ1n) is 4.37. The van der Waals surface area contributed by atoms with Crippen molar-refractivity contribution in [1.29, 1.82) is 0 Å².